The van der Waals surface area contributed by atoms with Crippen LogP contribution >= 0.6 is 11.3 Å². The lowest BCUT2D eigenvalue weighted by molar-refractivity contribution is 0.0695. The van der Waals surface area contributed by atoms with E-state index >= 15 is 0 Å². The van der Waals surface area contributed by atoms with Crippen LogP contribution in [0.4, 0.5) is 5.82 Å². The van der Waals surface area contributed by atoms with Crippen LogP contribution in [0.3, 0.4) is 0 Å². The molecule has 4 rings (SSSR count). The number of aryl methyl sites for hydroxylation is 1. The number of allylic oxidation sites excluding steroid dienone is 2. The Bertz CT molecular complexity index is 1260. The summed E-state index contributed by atoms with van der Waals surface area (Å²) < 4.78 is 1.57. The number of rotatable bonds is 6. The van der Waals surface area contributed by atoms with Gasteiger partial charge in [-0.25, -0.2) is 14.8 Å². The highest BCUT2D eigenvalue weighted by molar-refractivity contribution is 7.12. The van der Waals surface area contributed by atoms with Crippen molar-refractivity contribution >= 4 is 40.4 Å². The molecule has 11 heteroatoms. The first-order chi connectivity index (χ1) is 14.9. The van der Waals surface area contributed by atoms with E-state index in [1.54, 1.807) is 41.4 Å². The number of hydrazone groups is 1. The number of hydrogen-bond acceptors (Lipinski definition) is 9. The number of carboxylic acids is 1. The second-order valence-corrected chi connectivity index (χ2v) is 8.01. The predicted octanol–water partition coefficient (Wildman–Crippen LogP) is 1.48. The topological polar surface area (TPSA) is 139 Å². The SMILES string of the molecule is C/C=C(N)\C=N/NC1CN(c2cc(C)c3c(=O)c(C(=O)O)cn(-c4nccs4)c3n2)C1. The summed E-state index contributed by atoms with van der Waals surface area (Å²) in [6.45, 7) is 4.98. The van der Waals surface area contributed by atoms with Crippen LogP contribution in [0.25, 0.3) is 16.2 Å². The summed E-state index contributed by atoms with van der Waals surface area (Å²) in [5, 5.41) is 16.2. The molecule has 160 valence electrons. The molecular weight excluding hydrogens is 418 g/mol. The van der Waals surface area contributed by atoms with Crippen molar-refractivity contribution in [3.63, 3.8) is 0 Å². The van der Waals surface area contributed by atoms with Crippen molar-refractivity contribution in [1.29, 1.82) is 0 Å². The molecule has 0 unspecified atom stereocenters. The summed E-state index contributed by atoms with van der Waals surface area (Å²) in [5.41, 5.74) is 9.50. The zero-order valence-electron chi connectivity index (χ0n) is 16.9. The number of aromatic carboxylic acids is 1. The van der Waals surface area contributed by atoms with Gasteiger partial charge in [0, 0.05) is 36.6 Å². The molecule has 3 aromatic heterocycles. The van der Waals surface area contributed by atoms with E-state index in [0.29, 0.717) is 40.9 Å². The van der Waals surface area contributed by atoms with Crippen LogP contribution in [-0.2, 0) is 0 Å². The minimum Gasteiger partial charge on any atom is -0.477 e. The molecule has 4 heterocycles. The molecule has 3 aromatic rings. The molecule has 0 saturated carbocycles. The highest BCUT2D eigenvalue weighted by Crippen LogP contribution is 2.26. The summed E-state index contributed by atoms with van der Waals surface area (Å²) in [6.07, 6.45) is 6.24. The number of carboxylic acid groups (broad SMARTS) is 1. The zero-order valence-corrected chi connectivity index (χ0v) is 17.8. The van der Waals surface area contributed by atoms with Crippen LogP contribution in [0.5, 0.6) is 0 Å². The van der Waals surface area contributed by atoms with Gasteiger partial charge in [-0.2, -0.15) is 5.10 Å². The quantitative estimate of drug-likeness (QED) is 0.388. The molecular formula is C20H21N7O3S. The third-order valence-corrected chi connectivity index (χ3v) is 5.78. The van der Waals surface area contributed by atoms with Crippen molar-refractivity contribution in [1.82, 2.24) is 20.0 Å². The van der Waals surface area contributed by atoms with Gasteiger partial charge in [0.2, 0.25) is 5.43 Å². The molecule has 0 aliphatic carbocycles. The number of anilines is 1. The lowest BCUT2D eigenvalue weighted by atomic mass is 10.1. The monoisotopic (exact) mass is 439 g/mol. The van der Waals surface area contributed by atoms with Crippen molar-refractivity contribution < 1.29 is 9.90 Å². The van der Waals surface area contributed by atoms with Crippen LogP contribution in [0.15, 0.2) is 45.5 Å². The van der Waals surface area contributed by atoms with Gasteiger partial charge in [0.25, 0.3) is 0 Å². The summed E-state index contributed by atoms with van der Waals surface area (Å²) in [4.78, 5) is 35.5. The largest absolute Gasteiger partial charge is 0.477 e. The van der Waals surface area contributed by atoms with E-state index in [4.69, 9.17) is 10.7 Å². The summed E-state index contributed by atoms with van der Waals surface area (Å²) in [6, 6.07) is 1.95. The van der Waals surface area contributed by atoms with E-state index in [-0.39, 0.29) is 17.0 Å². The number of hydrogen-bond donors (Lipinski definition) is 3. The van der Waals surface area contributed by atoms with Crippen LogP contribution in [0.2, 0.25) is 0 Å². The lowest BCUT2D eigenvalue weighted by Gasteiger charge is -2.39. The Morgan fingerprint density at radius 3 is 2.87 bits per heavy atom. The van der Waals surface area contributed by atoms with E-state index in [2.05, 4.69) is 20.4 Å². The molecule has 0 amide bonds. The van der Waals surface area contributed by atoms with E-state index in [1.807, 2.05) is 6.92 Å². The number of nitrogens with zero attached hydrogens (tertiary/aromatic N) is 5. The third-order valence-electron chi connectivity index (χ3n) is 5.01. The van der Waals surface area contributed by atoms with Gasteiger partial charge >= 0.3 is 5.97 Å². The fourth-order valence-corrected chi connectivity index (χ4v) is 3.93. The van der Waals surface area contributed by atoms with Crippen LogP contribution in [-0.4, -0.2) is 51.0 Å². The third kappa shape index (κ3) is 3.87. The number of nitrogens with one attached hydrogen (secondary N) is 1. The average molecular weight is 440 g/mol. The Morgan fingerprint density at radius 1 is 1.45 bits per heavy atom. The maximum absolute atomic E-state index is 12.8. The van der Waals surface area contributed by atoms with Crippen molar-refractivity contribution in [2.24, 2.45) is 10.8 Å². The van der Waals surface area contributed by atoms with Gasteiger partial charge in [-0.15, -0.1) is 11.3 Å². The smallest absolute Gasteiger partial charge is 0.341 e. The Balaban J connectivity index is 1.70. The number of carbonyl (C=O) groups is 1. The highest BCUT2D eigenvalue weighted by Gasteiger charge is 2.29. The second kappa shape index (κ2) is 8.19. The maximum Gasteiger partial charge on any atom is 0.341 e. The predicted molar refractivity (Wildman–Crippen MR) is 120 cm³/mol. The number of pyridine rings is 2. The summed E-state index contributed by atoms with van der Waals surface area (Å²) >= 11 is 1.33. The van der Waals surface area contributed by atoms with E-state index in [9.17, 15) is 14.7 Å². The number of aromatic nitrogens is 3. The first kappa shape index (κ1) is 20.5. The lowest BCUT2D eigenvalue weighted by Crippen LogP contribution is -2.57. The van der Waals surface area contributed by atoms with Gasteiger partial charge in [0.05, 0.1) is 17.6 Å². The van der Waals surface area contributed by atoms with E-state index in [0.717, 1.165) is 0 Å². The van der Waals surface area contributed by atoms with Crippen LogP contribution in [0, 0.1) is 6.92 Å². The zero-order chi connectivity index (χ0) is 22.1. The molecule has 1 fully saturated rings. The molecule has 0 aromatic carbocycles. The first-order valence-corrected chi connectivity index (χ1v) is 10.4. The van der Waals surface area contributed by atoms with Crippen molar-refractivity contribution in [2.45, 2.75) is 19.9 Å². The molecule has 4 N–H and O–H groups in total. The second-order valence-electron chi connectivity index (χ2n) is 7.14. The van der Waals surface area contributed by atoms with Crippen LogP contribution < -0.4 is 21.5 Å². The minimum atomic E-state index is -1.28. The normalized spacial score (nSPS) is 14.9. The van der Waals surface area contributed by atoms with E-state index in [1.165, 1.54) is 17.5 Å². The van der Waals surface area contributed by atoms with Gasteiger partial charge in [0.1, 0.15) is 11.4 Å². The number of nitrogens with two attached hydrogens (primary N) is 1. The Kier molecular flexibility index (Phi) is 5.42. The minimum absolute atomic E-state index is 0.147. The van der Waals surface area contributed by atoms with Crippen molar-refractivity contribution in [3.8, 4) is 5.13 Å². The first-order valence-electron chi connectivity index (χ1n) is 9.54. The Hall–Kier alpha value is -3.73. The molecule has 10 nitrogen and oxygen atoms in total. The fraction of sp³-hybridized carbons (Fsp3) is 0.250. The molecule has 0 radical (unpaired) electrons. The van der Waals surface area contributed by atoms with Crippen molar-refractivity contribution in [3.05, 3.63) is 57.0 Å². The van der Waals surface area contributed by atoms with Gasteiger partial charge in [0.15, 0.2) is 10.8 Å². The van der Waals surface area contributed by atoms with Crippen LogP contribution in [0.1, 0.15) is 22.8 Å². The molecule has 0 atom stereocenters. The Labute approximate surface area is 181 Å². The molecule has 1 aliphatic heterocycles. The highest BCUT2D eigenvalue weighted by atomic mass is 32.1. The van der Waals surface area contributed by atoms with Gasteiger partial charge in [-0.3, -0.25) is 9.36 Å². The molecule has 1 aliphatic rings. The van der Waals surface area contributed by atoms with Gasteiger partial charge in [-0.1, -0.05) is 6.08 Å². The number of fused-ring (bicyclic) bond motifs is 1. The average Bonchev–Trinajstić information content (AvgIpc) is 3.23. The molecule has 0 bridgehead atoms. The Morgan fingerprint density at radius 2 is 2.23 bits per heavy atom. The standard InChI is InChI=1S/C20H21N7O3S/c1-3-12(21)7-23-25-13-8-26(9-13)15-6-11(2)16-17(28)14(19(29)30)10-27(18(16)24-15)20-22-4-5-31-20/h3-7,10,13,25H,8-9,21H2,1-2H3,(H,29,30)/b12-3+,23-7-. The van der Waals surface area contributed by atoms with E-state index < -0.39 is 11.4 Å². The summed E-state index contributed by atoms with van der Waals surface area (Å²) in [7, 11) is 0. The number of thiazole rings is 1. The van der Waals surface area contributed by atoms with Crippen molar-refractivity contribution in [2.75, 3.05) is 18.0 Å². The summed E-state index contributed by atoms with van der Waals surface area (Å²) in [5.74, 6) is -0.579. The molecule has 31 heavy (non-hydrogen) atoms. The molecule has 0 spiro atoms. The van der Waals surface area contributed by atoms with Gasteiger partial charge in [-0.05, 0) is 25.5 Å². The maximum atomic E-state index is 12.8. The fourth-order valence-electron chi connectivity index (χ4n) is 3.31. The molecule has 1 saturated heterocycles. The van der Waals surface area contributed by atoms with Gasteiger partial charge < -0.3 is 21.2 Å².